The summed E-state index contributed by atoms with van der Waals surface area (Å²) in [4.78, 5) is 49.4. The van der Waals surface area contributed by atoms with Gasteiger partial charge in [0.2, 0.25) is 11.5 Å². The molecule has 0 spiro atoms. The molecular formula is C28H33NO9. The number of esters is 2. The Morgan fingerprint density at radius 3 is 1.84 bits per heavy atom. The second-order valence-electron chi connectivity index (χ2n) is 9.03. The van der Waals surface area contributed by atoms with E-state index in [0.29, 0.717) is 0 Å². The molecule has 0 aliphatic carbocycles. The number of carbonyl (C=O) groups excluding carboxylic acids is 4. The second kappa shape index (κ2) is 13.3. The number of hydrogen-bond acceptors (Lipinski definition) is 9. The lowest BCUT2D eigenvalue weighted by Crippen LogP contribution is -2.73. The Hall–Kier alpha value is -3.60. The molecule has 38 heavy (non-hydrogen) atoms. The summed E-state index contributed by atoms with van der Waals surface area (Å²) in [5.41, 5.74) is -0.345. The minimum Gasteiger partial charge on any atom is -0.462 e. The van der Waals surface area contributed by atoms with E-state index in [1.165, 1.54) is 27.7 Å². The van der Waals surface area contributed by atoms with Crippen molar-refractivity contribution in [3.05, 3.63) is 71.8 Å². The van der Waals surface area contributed by atoms with Crippen molar-refractivity contribution in [2.45, 2.75) is 71.0 Å². The van der Waals surface area contributed by atoms with Crippen molar-refractivity contribution in [1.29, 1.82) is 0 Å². The zero-order valence-corrected chi connectivity index (χ0v) is 21.9. The number of ether oxygens (including phenoxy) is 5. The van der Waals surface area contributed by atoms with Crippen LogP contribution in [0.1, 0.15) is 38.8 Å². The Labute approximate surface area is 221 Å². The van der Waals surface area contributed by atoms with Gasteiger partial charge in [0, 0.05) is 20.8 Å². The number of nitrogens with one attached hydrogen (secondary N) is 1. The molecule has 0 bridgehead atoms. The molecule has 3 rings (SSSR count). The number of rotatable bonds is 11. The summed E-state index contributed by atoms with van der Waals surface area (Å²) in [5.74, 6) is -2.38. The Kier molecular flexibility index (Phi) is 10.1. The minimum atomic E-state index is -1.96. The van der Waals surface area contributed by atoms with Gasteiger partial charge < -0.3 is 29.0 Å². The fourth-order valence-electron chi connectivity index (χ4n) is 4.24. The summed E-state index contributed by atoms with van der Waals surface area (Å²) in [5, 5.41) is 2.77. The predicted molar refractivity (Wildman–Crippen MR) is 134 cm³/mol. The molecule has 2 aromatic rings. The first-order chi connectivity index (χ1) is 18.1. The second-order valence-corrected chi connectivity index (χ2v) is 9.03. The molecule has 1 amide bonds. The van der Waals surface area contributed by atoms with Crippen LogP contribution in [-0.4, -0.2) is 60.4 Å². The summed E-state index contributed by atoms with van der Waals surface area (Å²) in [6.07, 6.45) is -3.72. The van der Waals surface area contributed by atoms with Crippen LogP contribution in [-0.2, 0) is 56.1 Å². The molecule has 2 aromatic carbocycles. The lowest BCUT2D eigenvalue weighted by atomic mass is 9.82. The van der Waals surface area contributed by atoms with Crippen LogP contribution in [0, 0.1) is 0 Å². The Bertz CT molecular complexity index is 1110. The molecule has 1 aliphatic rings. The number of Topliss-reactive ketones (excluding diaryl/α,β-unsaturated/α-hetero) is 1. The average molecular weight is 528 g/mol. The van der Waals surface area contributed by atoms with E-state index in [2.05, 4.69) is 5.32 Å². The van der Waals surface area contributed by atoms with E-state index in [0.717, 1.165) is 11.1 Å². The van der Waals surface area contributed by atoms with Gasteiger partial charge in [0.05, 0.1) is 13.2 Å². The molecule has 204 valence electrons. The zero-order chi connectivity index (χ0) is 27.7. The van der Waals surface area contributed by atoms with Gasteiger partial charge in [-0.25, -0.2) is 0 Å². The maximum absolute atomic E-state index is 13.2. The molecule has 0 aromatic heterocycles. The maximum Gasteiger partial charge on any atom is 0.303 e. The van der Waals surface area contributed by atoms with E-state index >= 15 is 0 Å². The minimum absolute atomic E-state index is 0.0618. The van der Waals surface area contributed by atoms with E-state index in [-0.39, 0.29) is 13.2 Å². The van der Waals surface area contributed by atoms with Gasteiger partial charge in [0.25, 0.3) is 0 Å². The molecule has 0 unspecified atom stereocenters. The van der Waals surface area contributed by atoms with Gasteiger partial charge in [-0.3, -0.25) is 19.2 Å². The topological polar surface area (TPSA) is 126 Å². The third-order valence-corrected chi connectivity index (χ3v) is 6.02. The van der Waals surface area contributed by atoms with Gasteiger partial charge in [0.15, 0.2) is 18.2 Å². The predicted octanol–water partition coefficient (Wildman–Crippen LogP) is 2.47. The number of ketones is 1. The SMILES string of the molecule is CC(=O)N[C@H]1[C@@H](OCc2ccccc2)O[C@@](COC(C)=O)(C(C)=O)[C@@H](OC(C)=O)[C@@H]1OCc1ccccc1. The van der Waals surface area contributed by atoms with Crippen molar-refractivity contribution in [3.8, 4) is 0 Å². The summed E-state index contributed by atoms with van der Waals surface area (Å²) in [7, 11) is 0. The highest BCUT2D eigenvalue weighted by Crippen LogP contribution is 2.37. The highest BCUT2D eigenvalue weighted by molar-refractivity contribution is 5.87. The standard InChI is InChI=1S/C28H33NO9/c1-18(30)28(17-36-20(3)32)26(37-21(4)33)25(34-15-22-11-7-5-8-12-22)24(29-19(2)31)27(38-28)35-16-23-13-9-6-10-14-23/h5-14,24-27H,15-17H2,1-4H3,(H,29,31)/t24-,25-,26+,27+,28+/m1/s1. The van der Waals surface area contributed by atoms with Crippen LogP contribution < -0.4 is 5.32 Å². The average Bonchev–Trinajstić information content (AvgIpc) is 2.87. The van der Waals surface area contributed by atoms with Crippen LogP contribution >= 0.6 is 0 Å². The van der Waals surface area contributed by atoms with Gasteiger partial charge in [0.1, 0.15) is 18.8 Å². The van der Waals surface area contributed by atoms with Crippen LogP contribution in [0.3, 0.4) is 0 Å². The molecule has 0 saturated carbocycles. The molecule has 1 saturated heterocycles. The molecule has 1 heterocycles. The fourth-order valence-corrected chi connectivity index (χ4v) is 4.24. The van der Waals surface area contributed by atoms with Gasteiger partial charge in [-0.15, -0.1) is 0 Å². The van der Waals surface area contributed by atoms with Crippen molar-refractivity contribution >= 4 is 23.6 Å². The molecule has 5 atom stereocenters. The maximum atomic E-state index is 13.2. The third-order valence-electron chi connectivity index (χ3n) is 6.02. The molecule has 1 aliphatic heterocycles. The van der Waals surface area contributed by atoms with Crippen LogP contribution in [0.2, 0.25) is 0 Å². The van der Waals surface area contributed by atoms with Gasteiger partial charge in [-0.2, -0.15) is 0 Å². The lowest BCUT2D eigenvalue weighted by molar-refractivity contribution is -0.312. The highest BCUT2D eigenvalue weighted by Gasteiger charge is 2.61. The van der Waals surface area contributed by atoms with Crippen LogP contribution in [0.5, 0.6) is 0 Å². The lowest BCUT2D eigenvalue weighted by Gasteiger charge is -2.50. The van der Waals surface area contributed by atoms with Crippen molar-refractivity contribution in [3.63, 3.8) is 0 Å². The zero-order valence-electron chi connectivity index (χ0n) is 21.9. The van der Waals surface area contributed by atoms with Gasteiger partial charge >= 0.3 is 11.9 Å². The largest absolute Gasteiger partial charge is 0.462 e. The van der Waals surface area contributed by atoms with Crippen molar-refractivity contribution < 1.29 is 42.9 Å². The van der Waals surface area contributed by atoms with Gasteiger partial charge in [-0.05, 0) is 18.1 Å². The first-order valence-corrected chi connectivity index (χ1v) is 12.2. The number of benzene rings is 2. The normalized spacial score (nSPS) is 24.7. The van der Waals surface area contributed by atoms with Crippen molar-refractivity contribution in [2.75, 3.05) is 6.61 Å². The molecule has 10 nitrogen and oxygen atoms in total. The van der Waals surface area contributed by atoms with Crippen LogP contribution in [0.25, 0.3) is 0 Å². The summed E-state index contributed by atoms with van der Waals surface area (Å²) >= 11 is 0. The number of hydrogen-bond donors (Lipinski definition) is 1. The van der Waals surface area contributed by atoms with E-state index in [4.69, 9.17) is 23.7 Å². The van der Waals surface area contributed by atoms with Crippen LogP contribution in [0.4, 0.5) is 0 Å². The van der Waals surface area contributed by atoms with E-state index < -0.39 is 60.4 Å². The quantitative estimate of drug-likeness (QED) is 0.439. The first-order valence-electron chi connectivity index (χ1n) is 12.2. The fraction of sp³-hybridized carbons (Fsp3) is 0.429. The molecule has 10 heteroatoms. The summed E-state index contributed by atoms with van der Waals surface area (Å²) in [6, 6.07) is 17.5. The number of amides is 1. The molecule has 0 radical (unpaired) electrons. The molecular weight excluding hydrogens is 494 g/mol. The van der Waals surface area contributed by atoms with E-state index in [1.54, 1.807) is 0 Å². The van der Waals surface area contributed by atoms with E-state index in [1.807, 2.05) is 60.7 Å². The number of carbonyl (C=O) groups is 4. The first kappa shape index (κ1) is 29.0. The Morgan fingerprint density at radius 2 is 1.37 bits per heavy atom. The van der Waals surface area contributed by atoms with Crippen LogP contribution in [0.15, 0.2) is 60.7 Å². The van der Waals surface area contributed by atoms with Crippen molar-refractivity contribution in [1.82, 2.24) is 5.32 Å². The summed E-state index contributed by atoms with van der Waals surface area (Å²) < 4.78 is 29.4. The monoisotopic (exact) mass is 527 g/mol. The summed E-state index contributed by atoms with van der Waals surface area (Å²) in [6.45, 7) is 4.49. The highest BCUT2D eigenvalue weighted by atomic mass is 16.7. The van der Waals surface area contributed by atoms with E-state index in [9.17, 15) is 19.2 Å². The molecule has 1 N–H and O–H groups in total. The Morgan fingerprint density at radius 1 is 0.816 bits per heavy atom. The van der Waals surface area contributed by atoms with Gasteiger partial charge in [-0.1, -0.05) is 60.7 Å². The third kappa shape index (κ3) is 7.47. The smallest absolute Gasteiger partial charge is 0.303 e. The van der Waals surface area contributed by atoms with Crippen molar-refractivity contribution in [2.24, 2.45) is 0 Å². The molecule has 1 fully saturated rings. The Balaban J connectivity index is 2.07.